The van der Waals surface area contributed by atoms with Gasteiger partial charge < -0.3 is 24.2 Å². The zero-order valence-electron chi connectivity index (χ0n) is 17.9. The minimum Gasteiger partial charge on any atom is -0.478 e. The van der Waals surface area contributed by atoms with Crippen molar-refractivity contribution in [2.24, 2.45) is 5.14 Å². The van der Waals surface area contributed by atoms with Gasteiger partial charge in [0.25, 0.3) is 0 Å². The van der Waals surface area contributed by atoms with Gasteiger partial charge in [0.1, 0.15) is 16.5 Å². The summed E-state index contributed by atoms with van der Waals surface area (Å²) in [6, 6.07) is 7.32. The lowest BCUT2D eigenvalue weighted by Gasteiger charge is -2.28. The lowest BCUT2D eigenvalue weighted by Crippen LogP contribution is -2.32. The molecule has 0 amide bonds. The van der Waals surface area contributed by atoms with Crippen LogP contribution in [0.2, 0.25) is 0 Å². The van der Waals surface area contributed by atoms with E-state index in [0.29, 0.717) is 13.2 Å². The smallest absolute Gasteiger partial charge is 0.335 e. The minimum atomic E-state index is -4.40. The summed E-state index contributed by atoms with van der Waals surface area (Å²) >= 11 is 0. The van der Waals surface area contributed by atoms with Crippen molar-refractivity contribution in [3.63, 3.8) is 0 Å². The van der Waals surface area contributed by atoms with Gasteiger partial charge in [-0.15, -0.1) is 0 Å². The molecule has 2 aromatic carbocycles. The van der Waals surface area contributed by atoms with Crippen molar-refractivity contribution >= 4 is 21.7 Å². The first-order chi connectivity index (χ1) is 15.2. The van der Waals surface area contributed by atoms with Crippen molar-refractivity contribution in [1.82, 2.24) is 0 Å². The number of primary sulfonamides is 1. The average Bonchev–Trinajstić information content (AvgIpc) is 2.72. The Morgan fingerprint density at radius 3 is 2.22 bits per heavy atom. The van der Waals surface area contributed by atoms with Crippen molar-refractivity contribution < 1.29 is 36.9 Å². The largest absolute Gasteiger partial charge is 0.478 e. The van der Waals surface area contributed by atoms with Crippen LogP contribution in [0, 0.1) is 5.82 Å². The second-order valence-electron chi connectivity index (χ2n) is 6.61. The lowest BCUT2D eigenvalue weighted by atomic mass is 10.1. The van der Waals surface area contributed by atoms with E-state index in [9.17, 15) is 22.7 Å². The molecule has 11 heteroatoms. The highest BCUT2D eigenvalue weighted by Gasteiger charge is 2.26. The molecular formula is C21H27FN2O7S. The van der Waals surface area contributed by atoms with Gasteiger partial charge in [-0.1, -0.05) is 6.07 Å². The SMILES string of the molecule is CCOCCN(CCOCC)c1cc(C(=O)O)cc(S(N)(=O)=O)c1Oc1cccc(F)c1. The van der Waals surface area contributed by atoms with E-state index in [4.69, 9.17) is 19.3 Å². The molecule has 0 unspecified atom stereocenters. The zero-order chi connectivity index (χ0) is 23.7. The van der Waals surface area contributed by atoms with E-state index in [1.54, 1.807) is 4.90 Å². The van der Waals surface area contributed by atoms with E-state index >= 15 is 0 Å². The molecule has 0 aliphatic heterocycles. The predicted molar refractivity (Wildman–Crippen MR) is 116 cm³/mol. The Hall–Kier alpha value is -2.73. The number of aromatic carboxylic acids is 1. The van der Waals surface area contributed by atoms with E-state index in [-0.39, 0.29) is 49.1 Å². The topological polar surface area (TPSA) is 128 Å². The van der Waals surface area contributed by atoms with Gasteiger partial charge in [-0.2, -0.15) is 0 Å². The summed E-state index contributed by atoms with van der Waals surface area (Å²) in [5.41, 5.74) is -0.147. The fourth-order valence-electron chi connectivity index (χ4n) is 2.90. The van der Waals surface area contributed by atoms with Gasteiger partial charge in [0.2, 0.25) is 10.0 Å². The number of benzene rings is 2. The van der Waals surface area contributed by atoms with Gasteiger partial charge in [0.05, 0.1) is 24.5 Å². The van der Waals surface area contributed by atoms with E-state index in [0.717, 1.165) is 12.1 Å². The van der Waals surface area contributed by atoms with Crippen LogP contribution in [-0.2, 0) is 19.5 Å². The first kappa shape index (κ1) is 25.5. The Bertz CT molecular complexity index is 1020. The number of anilines is 1. The van der Waals surface area contributed by atoms with Crippen molar-refractivity contribution in [2.45, 2.75) is 18.7 Å². The third-order valence-electron chi connectivity index (χ3n) is 4.36. The molecule has 2 rings (SSSR count). The maximum atomic E-state index is 13.7. The Morgan fingerprint density at radius 2 is 1.72 bits per heavy atom. The highest BCUT2D eigenvalue weighted by molar-refractivity contribution is 7.89. The summed E-state index contributed by atoms with van der Waals surface area (Å²) in [6.45, 7) is 5.71. The van der Waals surface area contributed by atoms with E-state index < -0.39 is 26.7 Å². The molecule has 0 aromatic heterocycles. The maximum Gasteiger partial charge on any atom is 0.335 e. The van der Waals surface area contributed by atoms with Gasteiger partial charge in [-0.05, 0) is 38.1 Å². The molecule has 9 nitrogen and oxygen atoms in total. The van der Waals surface area contributed by atoms with Crippen LogP contribution in [0.5, 0.6) is 11.5 Å². The van der Waals surface area contributed by atoms with Crippen molar-refractivity contribution in [3.05, 3.63) is 47.8 Å². The van der Waals surface area contributed by atoms with Gasteiger partial charge in [0, 0.05) is 32.4 Å². The first-order valence-corrected chi connectivity index (χ1v) is 11.5. The van der Waals surface area contributed by atoms with Crippen LogP contribution in [0.25, 0.3) is 0 Å². The number of nitrogens with zero attached hydrogens (tertiary/aromatic N) is 1. The number of sulfonamides is 1. The molecular weight excluding hydrogens is 443 g/mol. The van der Waals surface area contributed by atoms with Crippen molar-refractivity contribution in [1.29, 1.82) is 0 Å². The van der Waals surface area contributed by atoms with E-state index in [2.05, 4.69) is 0 Å². The fraction of sp³-hybridized carbons (Fsp3) is 0.381. The molecule has 2 aromatic rings. The van der Waals surface area contributed by atoms with Crippen LogP contribution in [0.3, 0.4) is 0 Å². The summed E-state index contributed by atoms with van der Waals surface area (Å²) in [5.74, 6) is -2.12. The predicted octanol–water partition coefficient (Wildman–Crippen LogP) is 2.84. The minimum absolute atomic E-state index is 0.0220. The molecule has 176 valence electrons. The van der Waals surface area contributed by atoms with Gasteiger partial charge in [0.15, 0.2) is 5.75 Å². The summed E-state index contributed by atoms with van der Waals surface area (Å²) in [7, 11) is -4.40. The second-order valence-corrected chi connectivity index (χ2v) is 8.14. The first-order valence-electron chi connectivity index (χ1n) is 9.95. The molecule has 0 fully saturated rings. The van der Waals surface area contributed by atoms with E-state index in [1.807, 2.05) is 13.8 Å². The number of nitrogens with two attached hydrogens (primary N) is 1. The van der Waals surface area contributed by atoms with Crippen molar-refractivity contribution in [3.8, 4) is 11.5 Å². The molecule has 0 aliphatic rings. The van der Waals surface area contributed by atoms with Crippen LogP contribution in [0.4, 0.5) is 10.1 Å². The Kier molecular flexibility index (Phi) is 9.39. The molecule has 0 saturated heterocycles. The highest BCUT2D eigenvalue weighted by atomic mass is 32.2. The molecule has 3 N–H and O–H groups in total. The Balaban J connectivity index is 2.68. The fourth-order valence-corrected chi connectivity index (χ4v) is 3.59. The molecule has 0 bridgehead atoms. The number of hydrogen-bond donors (Lipinski definition) is 2. The molecule has 0 spiro atoms. The summed E-state index contributed by atoms with van der Waals surface area (Å²) in [6.07, 6.45) is 0. The maximum absolute atomic E-state index is 13.7. The normalized spacial score (nSPS) is 11.4. The Labute approximate surface area is 186 Å². The average molecular weight is 471 g/mol. The second kappa shape index (κ2) is 11.8. The van der Waals surface area contributed by atoms with Gasteiger partial charge >= 0.3 is 5.97 Å². The summed E-state index contributed by atoms with van der Waals surface area (Å²) < 4.78 is 55.0. The number of carboxylic acids is 1. The third kappa shape index (κ3) is 7.16. The number of carbonyl (C=O) groups is 1. The van der Waals surface area contributed by atoms with Gasteiger partial charge in [-0.25, -0.2) is 22.7 Å². The number of halogens is 1. The molecule has 32 heavy (non-hydrogen) atoms. The molecule has 0 radical (unpaired) electrons. The van der Waals surface area contributed by atoms with Crippen LogP contribution >= 0.6 is 0 Å². The molecule has 0 atom stereocenters. The van der Waals surface area contributed by atoms with Crippen LogP contribution in [-0.4, -0.2) is 59.0 Å². The van der Waals surface area contributed by atoms with Crippen LogP contribution in [0.1, 0.15) is 24.2 Å². The van der Waals surface area contributed by atoms with E-state index in [1.165, 1.54) is 24.3 Å². The van der Waals surface area contributed by atoms with Crippen molar-refractivity contribution in [2.75, 3.05) is 44.4 Å². The number of rotatable bonds is 13. The number of hydrogen-bond acceptors (Lipinski definition) is 7. The molecule has 0 aliphatic carbocycles. The molecule has 0 heterocycles. The standard InChI is InChI=1S/C21H27FN2O7S/c1-3-29-10-8-24(9-11-30-4-2)18-12-15(21(25)26)13-19(32(23,27)28)20(18)31-17-7-5-6-16(22)14-17/h5-7,12-14H,3-4,8-11H2,1-2H3,(H,25,26)(H2,23,27,28). The number of ether oxygens (including phenoxy) is 3. The molecule has 0 saturated carbocycles. The highest BCUT2D eigenvalue weighted by Crippen LogP contribution is 2.39. The van der Waals surface area contributed by atoms with Crippen LogP contribution in [0.15, 0.2) is 41.3 Å². The number of carboxylic acid groups (broad SMARTS) is 1. The Morgan fingerprint density at radius 1 is 1.09 bits per heavy atom. The van der Waals surface area contributed by atoms with Gasteiger partial charge in [-0.3, -0.25) is 0 Å². The summed E-state index contributed by atoms with van der Waals surface area (Å²) in [5, 5.41) is 14.9. The zero-order valence-corrected chi connectivity index (χ0v) is 18.7. The van der Waals surface area contributed by atoms with Crippen LogP contribution < -0.4 is 14.8 Å². The summed E-state index contributed by atoms with van der Waals surface area (Å²) in [4.78, 5) is 12.8. The lowest BCUT2D eigenvalue weighted by molar-refractivity contribution is 0.0696. The third-order valence-corrected chi connectivity index (χ3v) is 5.28. The monoisotopic (exact) mass is 470 g/mol. The quantitative estimate of drug-likeness (QED) is 0.428.